The second-order valence-electron chi connectivity index (χ2n) is 5.76. The highest BCUT2D eigenvalue weighted by Crippen LogP contribution is 2.48. The maximum atomic E-state index is 11.3. The van der Waals surface area contributed by atoms with Crippen molar-refractivity contribution in [3.8, 4) is 0 Å². The number of carbonyl (C=O) groups excluding carboxylic acids is 1. The Hall–Kier alpha value is -0.610. The third-order valence-electron chi connectivity index (χ3n) is 2.99. The minimum atomic E-state index is -0.784. The van der Waals surface area contributed by atoms with Crippen molar-refractivity contribution in [2.24, 2.45) is 11.1 Å². The third kappa shape index (κ3) is 3.42. The summed E-state index contributed by atoms with van der Waals surface area (Å²) in [5.74, 6) is -0.383. The van der Waals surface area contributed by atoms with Crippen LogP contribution < -0.4 is 5.73 Å². The molecule has 96 valence electrons. The first kappa shape index (κ1) is 14.5. The molecule has 0 aromatic carbocycles. The molecule has 4 heteroatoms. The van der Waals surface area contributed by atoms with Crippen molar-refractivity contribution in [3.05, 3.63) is 21.7 Å². The molecule has 0 aliphatic heterocycles. The molecule has 0 saturated heterocycles. The van der Waals surface area contributed by atoms with Crippen molar-refractivity contribution in [1.82, 2.24) is 0 Å². The molecule has 17 heavy (non-hydrogen) atoms. The van der Waals surface area contributed by atoms with Crippen molar-refractivity contribution in [3.63, 3.8) is 0 Å². The van der Waals surface area contributed by atoms with E-state index in [1.54, 1.807) is 13.8 Å². The van der Waals surface area contributed by atoms with Gasteiger partial charge in [0.25, 0.3) is 0 Å². The second-order valence-corrected chi connectivity index (χ2v) is 6.55. The number of carbonyl (C=O) groups is 1. The lowest BCUT2D eigenvalue weighted by molar-refractivity contribution is -0.115. The van der Waals surface area contributed by atoms with Gasteiger partial charge in [0.1, 0.15) is 0 Å². The number of primary amides is 1. The Labute approximate surface area is 111 Å². The molecule has 0 saturated carbocycles. The van der Waals surface area contributed by atoms with Crippen LogP contribution in [-0.4, -0.2) is 16.6 Å². The fraction of sp³-hybridized carbons (Fsp3) is 0.615. The van der Waals surface area contributed by atoms with Gasteiger partial charge in [0.05, 0.1) is 5.60 Å². The highest BCUT2D eigenvalue weighted by molar-refractivity contribution is 9.11. The summed E-state index contributed by atoms with van der Waals surface area (Å²) in [6, 6.07) is 0. The van der Waals surface area contributed by atoms with Crippen LogP contribution in [0.2, 0.25) is 0 Å². The molecule has 0 aromatic heterocycles. The lowest BCUT2D eigenvalue weighted by Crippen LogP contribution is -2.34. The molecule has 1 unspecified atom stereocenters. The van der Waals surface area contributed by atoms with E-state index in [1.807, 2.05) is 19.9 Å². The molecular formula is C13H20BrNO2. The second kappa shape index (κ2) is 4.58. The van der Waals surface area contributed by atoms with E-state index in [9.17, 15) is 9.90 Å². The Bertz CT molecular complexity index is 404. The molecule has 1 aliphatic rings. The van der Waals surface area contributed by atoms with Gasteiger partial charge in [-0.2, -0.15) is 0 Å². The SMILES string of the molecule is CC1=C(Br)C(C)(CC(C)(C)O)CC(C(N)=O)=C1. The molecule has 1 amide bonds. The molecule has 0 bridgehead atoms. The Morgan fingerprint density at radius 1 is 1.65 bits per heavy atom. The van der Waals surface area contributed by atoms with Crippen LogP contribution in [0.4, 0.5) is 0 Å². The van der Waals surface area contributed by atoms with Crippen molar-refractivity contribution >= 4 is 21.8 Å². The largest absolute Gasteiger partial charge is 0.390 e. The summed E-state index contributed by atoms with van der Waals surface area (Å²) in [5.41, 5.74) is 5.91. The standard InChI is InChI=1S/C13H20BrNO2/c1-8-5-9(11(15)16)6-13(4,10(8)14)7-12(2,3)17/h5,17H,6-7H2,1-4H3,(H2,15,16). The molecule has 1 aliphatic carbocycles. The van der Waals surface area contributed by atoms with E-state index in [0.29, 0.717) is 18.4 Å². The number of rotatable bonds is 3. The molecule has 3 N–H and O–H groups in total. The number of halogens is 1. The summed E-state index contributed by atoms with van der Waals surface area (Å²) >= 11 is 3.58. The fourth-order valence-electron chi connectivity index (χ4n) is 2.60. The van der Waals surface area contributed by atoms with Crippen LogP contribution in [0.25, 0.3) is 0 Å². The average molecular weight is 302 g/mol. The van der Waals surface area contributed by atoms with Gasteiger partial charge in [0.2, 0.25) is 5.91 Å². The lowest BCUT2D eigenvalue weighted by Gasteiger charge is -2.38. The molecule has 0 radical (unpaired) electrons. The fourth-order valence-corrected chi connectivity index (χ4v) is 3.00. The van der Waals surface area contributed by atoms with Gasteiger partial charge in [0.15, 0.2) is 0 Å². The van der Waals surface area contributed by atoms with E-state index >= 15 is 0 Å². The maximum Gasteiger partial charge on any atom is 0.244 e. The van der Waals surface area contributed by atoms with E-state index < -0.39 is 5.60 Å². The monoisotopic (exact) mass is 301 g/mol. The van der Waals surface area contributed by atoms with E-state index in [1.165, 1.54) is 0 Å². The molecule has 3 nitrogen and oxygen atoms in total. The number of nitrogens with two attached hydrogens (primary N) is 1. The molecule has 0 spiro atoms. The minimum absolute atomic E-state index is 0.276. The van der Waals surface area contributed by atoms with Crippen LogP contribution in [-0.2, 0) is 4.79 Å². The molecule has 0 aromatic rings. The van der Waals surface area contributed by atoms with Gasteiger partial charge in [-0.25, -0.2) is 0 Å². The van der Waals surface area contributed by atoms with Crippen LogP contribution in [0.5, 0.6) is 0 Å². The first-order chi connectivity index (χ1) is 7.55. The van der Waals surface area contributed by atoms with E-state index in [-0.39, 0.29) is 11.3 Å². The highest BCUT2D eigenvalue weighted by atomic mass is 79.9. The molecule has 0 fully saturated rings. The van der Waals surface area contributed by atoms with Crippen LogP contribution in [0.15, 0.2) is 21.7 Å². The van der Waals surface area contributed by atoms with Crippen molar-refractivity contribution < 1.29 is 9.90 Å². The predicted octanol–water partition coefficient (Wildman–Crippen LogP) is 2.64. The summed E-state index contributed by atoms with van der Waals surface area (Å²) in [6.07, 6.45) is 2.95. The van der Waals surface area contributed by atoms with Gasteiger partial charge >= 0.3 is 0 Å². The predicted molar refractivity (Wildman–Crippen MR) is 72.5 cm³/mol. The molecule has 1 atom stereocenters. The number of aliphatic hydroxyl groups is 1. The van der Waals surface area contributed by atoms with Gasteiger partial charge in [-0.15, -0.1) is 0 Å². The van der Waals surface area contributed by atoms with Crippen molar-refractivity contribution in [2.45, 2.75) is 46.1 Å². The zero-order valence-electron chi connectivity index (χ0n) is 10.8. The van der Waals surface area contributed by atoms with Crippen LogP contribution in [0.1, 0.15) is 40.5 Å². The Morgan fingerprint density at radius 2 is 2.18 bits per heavy atom. The minimum Gasteiger partial charge on any atom is -0.390 e. The van der Waals surface area contributed by atoms with Gasteiger partial charge in [-0.05, 0) is 45.3 Å². The van der Waals surface area contributed by atoms with Crippen molar-refractivity contribution in [2.75, 3.05) is 0 Å². The normalized spacial score (nSPS) is 25.9. The zero-order valence-corrected chi connectivity index (χ0v) is 12.4. The number of allylic oxidation sites excluding steroid dienone is 3. The van der Waals surface area contributed by atoms with Crippen LogP contribution >= 0.6 is 15.9 Å². The summed E-state index contributed by atoms with van der Waals surface area (Å²) in [7, 11) is 0. The quantitative estimate of drug-likeness (QED) is 0.842. The zero-order chi connectivity index (χ0) is 13.4. The average Bonchev–Trinajstić information content (AvgIpc) is 2.10. The van der Waals surface area contributed by atoms with Crippen LogP contribution in [0.3, 0.4) is 0 Å². The summed E-state index contributed by atoms with van der Waals surface area (Å²) in [6.45, 7) is 7.52. The van der Waals surface area contributed by atoms with Crippen molar-refractivity contribution in [1.29, 1.82) is 0 Å². The molecule has 0 heterocycles. The first-order valence-electron chi connectivity index (χ1n) is 5.65. The van der Waals surface area contributed by atoms with E-state index in [4.69, 9.17) is 5.73 Å². The Kier molecular flexibility index (Phi) is 3.89. The summed E-state index contributed by atoms with van der Waals surface area (Å²) in [4.78, 5) is 11.3. The Balaban J connectivity index is 3.12. The first-order valence-corrected chi connectivity index (χ1v) is 6.44. The third-order valence-corrected chi connectivity index (χ3v) is 4.57. The van der Waals surface area contributed by atoms with Gasteiger partial charge in [0, 0.05) is 15.5 Å². The summed E-state index contributed by atoms with van der Waals surface area (Å²) in [5, 5.41) is 9.98. The smallest absolute Gasteiger partial charge is 0.244 e. The topological polar surface area (TPSA) is 63.3 Å². The van der Waals surface area contributed by atoms with Gasteiger partial charge in [-0.3, -0.25) is 4.79 Å². The molecular weight excluding hydrogens is 282 g/mol. The van der Waals surface area contributed by atoms with Gasteiger partial charge in [-0.1, -0.05) is 22.9 Å². The number of hydrogen-bond acceptors (Lipinski definition) is 2. The Morgan fingerprint density at radius 3 is 2.59 bits per heavy atom. The lowest BCUT2D eigenvalue weighted by atomic mass is 9.71. The number of hydrogen-bond donors (Lipinski definition) is 2. The van der Waals surface area contributed by atoms with E-state index in [2.05, 4.69) is 15.9 Å². The highest BCUT2D eigenvalue weighted by Gasteiger charge is 2.38. The van der Waals surface area contributed by atoms with Crippen LogP contribution in [0, 0.1) is 5.41 Å². The maximum absolute atomic E-state index is 11.3. The van der Waals surface area contributed by atoms with E-state index in [0.717, 1.165) is 10.1 Å². The van der Waals surface area contributed by atoms with Gasteiger partial charge < -0.3 is 10.8 Å². The summed E-state index contributed by atoms with van der Waals surface area (Å²) < 4.78 is 1.04. The number of amides is 1. The molecule has 1 rings (SSSR count).